The average molecular weight is 262 g/mol. The van der Waals surface area contributed by atoms with Gasteiger partial charge in [-0.05, 0) is 40.9 Å². The van der Waals surface area contributed by atoms with Crippen molar-refractivity contribution in [2.45, 2.75) is 6.42 Å². The van der Waals surface area contributed by atoms with Crippen LogP contribution in [0.3, 0.4) is 0 Å². The predicted octanol–water partition coefficient (Wildman–Crippen LogP) is 1.40. The molecule has 94 valence electrons. The number of aromatic nitrogens is 1. The van der Waals surface area contributed by atoms with Crippen LogP contribution in [0, 0.1) is 0 Å². The minimum Gasteiger partial charge on any atom is -0.352 e. The van der Waals surface area contributed by atoms with Crippen molar-refractivity contribution >= 4 is 23.1 Å². The van der Waals surface area contributed by atoms with Gasteiger partial charge in [-0.3, -0.25) is 4.79 Å². The van der Waals surface area contributed by atoms with Crippen molar-refractivity contribution in [3.05, 3.63) is 46.3 Å². The van der Waals surface area contributed by atoms with Crippen molar-refractivity contribution < 1.29 is 4.79 Å². The molecule has 1 amide bonds. The van der Waals surface area contributed by atoms with E-state index in [0.29, 0.717) is 17.9 Å². The monoisotopic (exact) mass is 262 g/mol. The van der Waals surface area contributed by atoms with E-state index in [-0.39, 0.29) is 5.91 Å². The van der Waals surface area contributed by atoms with E-state index in [4.69, 9.17) is 5.84 Å². The van der Waals surface area contributed by atoms with E-state index in [1.807, 2.05) is 11.4 Å². The van der Waals surface area contributed by atoms with Gasteiger partial charge < -0.3 is 10.7 Å². The zero-order valence-electron chi connectivity index (χ0n) is 9.72. The molecule has 0 fully saturated rings. The molecule has 0 saturated heterocycles. The van der Waals surface area contributed by atoms with E-state index in [2.05, 4.69) is 21.1 Å². The van der Waals surface area contributed by atoms with Crippen molar-refractivity contribution in [1.82, 2.24) is 10.3 Å². The fourth-order valence-electron chi connectivity index (χ4n) is 1.55. The average Bonchev–Trinajstić information content (AvgIpc) is 2.91. The van der Waals surface area contributed by atoms with Crippen LogP contribution in [0.1, 0.15) is 15.9 Å². The Balaban J connectivity index is 1.91. The maximum absolute atomic E-state index is 11.9. The maximum Gasteiger partial charge on any atom is 0.255 e. The van der Waals surface area contributed by atoms with Crippen LogP contribution in [-0.2, 0) is 6.42 Å². The summed E-state index contributed by atoms with van der Waals surface area (Å²) in [6.07, 6.45) is 2.40. The quantitative estimate of drug-likeness (QED) is 0.562. The van der Waals surface area contributed by atoms with Gasteiger partial charge in [0.1, 0.15) is 0 Å². The summed E-state index contributed by atoms with van der Waals surface area (Å²) in [5.41, 5.74) is 4.09. The molecule has 2 aromatic heterocycles. The number of amides is 1. The van der Waals surface area contributed by atoms with Crippen LogP contribution in [0.2, 0.25) is 0 Å². The van der Waals surface area contributed by atoms with Crippen LogP contribution in [-0.4, -0.2) is 17.4 Å². The lowest BCUT2D eigenvalue weighted by Gasteiger charge is -2.08. The van der Waals surface area contributed by atoms with Gasteiger partial charge in [0.2, 0.25) is 0 Å². The van der Waals surface area contributed by atoms with Crippen molar-refractivity contribution in [3.63, 3.8) is 0 Å². The zero-order valence-corrected chi connectivity index (χ0v) is 10.5. The van der Waals surface area contributed by atoms with Gasteiger partial charge in [-0.2, -0.15) is 11.3 Å². The van der Waals surface area contributed by atoms with Crippen LogP contribution in [0.5, 0.6) is 0 Å². The highest BCUT2D eigenvalue weighted by molar-refractivity contribution is 7.07. The molecule has 0 spiro atoms. The van der Waals surface area contributed by atoms with E-state index >= 15 is 0 Å². The minimum absolute atomic E-state index is 0.175. The molecule has 0 saturated carbocycles. The fourth-order valence-corrected chi connectivity index (χ4v) is 2.26. The smallest absolute Gasteiger partial charge is 0.255 e. The van der Waals surface area contributed by atoms with E-state index in [0.717, 1.165) is 6.42 Å². The summed E-state index contributed by atoms with van der Waals surface area (Å²) in [4.78, 5) is 15.9. The van der Waals surface area contributed by atoms with Gasteiger partial charge in [-0.25, -0.2) is 10.8 Å². The Hall–Kier alpha value is -1.92. The summed E-state index contributed by atoms with van der Waals surface area (Å²) in [5, 5.41) is 6.94. The van der Waals surface area contributed by atoms with Gasteiger partial charge in [0, 0.05) is 12.7 Å². The third-order valence-corrected chi connectivity index (χ3v) is 3.20. The number of anilines is 1. The Morgan fingerprint density at radius 1 is 1.44 bits per heavy atom. The molecule has 5 nitrogen and oxygen atoms in total. The summed E-state index contributed by atoms with van der Waals surface area (Å²) >= 11 is 1.65. The highest BCUT2D eigenvalue weighted by atomic mass is 32.1. The van der Waals surface area contributed by atoms with Gasteiger partial charge in [0.05, 0.1) is 5.56 Å². The molecule has 0 aliphatic rings. The second-order valence-corrected chi connectivity index (χ2v) is 4.46. The van der Waals surface area contributed by atoms with E-state index in [1.165, 1.54) is 5.56 Å². The third kappa shape index (κ3) is 3.06. The Kier molecular flexibility index (Phi) is 4.27. The maximum atomic E-state index is 11.9. The number of nitrogens with two attached hydrogens (primary N) is 1. The fraction of sp³-hybridized carbons (Fsp3) is 0.167. The van der Waals surface area contributed by atoms with Crippen molar-refractivity contribution in [2.24, 2.45) is 5.84 Å². The number of nitrogens with zero attached hydrogens (tertiary/aromatic N) is 1. The van der Waals surface area contributed by atoms with Gasteiger partial charge in [-0.15, -0.1) is 0 Å². The van der Waals surface area contributed by atoms with Crippen LogP contribution in [0.15, 0.2) is 35.2 Å². The molecule has 0 radical (unpaired) electrons. The highest BCUT2D eigenvalue weighted by Gasteiger charge is 2.10. The molecule has 2 heterocycles. The molecular formula is C12H14N4OS. The van der Waals surface area contributed by atoms with E-state index < -0.39 is 0 Å². The molecule has 0 atom stereocenters. The lowest BCUT2D eigenvalue weighted by Crippen LogP contribution is -2.27. The zero-order chi connectivity index (χ0) is 12.8. The molecule has 18 heavy (non-hydrogen) atoms. The lowest BCUT2D eigenvalue weighted by molar-refractivity contribution is 0.0954. The van der Waals surface area contributed by atoms with Crippen LogP contribution >= 0.6 is 11.3 Å². The summed E-state index contributed by atoms with van der Waals surface area (Å²) < 4.78 is 0. The summed E-state index contributed by atoms with van der Waals surface area (Å²) in [7, 11) is 0. The first-order valence-corrected chi connectivity index (χ1v) is 6.46. The predicted molar refractivity (Wildman–Crippen MR) is 72.4 cm³/mol. The van der Waals surface area contributed by atoms with Gasteiger partial charge >= 0.3 is 0 Å². The Labute approximate surface area is 109 Å². The number of rotatable bonds is 5. The van der Waals surface area contributed by atoms with E-state index in [1.54, 1.807) is 29.7 Å². The van der Waals surface area contributed by atoms with Gasteiger partial charge in [-0.1, -0.05) is 0 Å². The molecule has 0 aliphatic heterocycles. The molecular weight excluding hydrogens is 248 g/mol. The standard InChI is InChI=1S/C12H14N4OS/c13-16-11-10(2-1-5-14-11)12(17)15-6-3-9-4-7-18-8-9/h1-2,4-5,7-8H,3,6,13H2,(H,14,16)(H,15,17). The first-order chi connectivity index (χ1) is 8.81. The summed E-state index contributed by atoms with van der Waals surface area (Å²) in [6, 6.07) is 5.44. The van der Waals surface area contributed by atoms with E-state index in [9.17, 15) is 4.79 Å². The highest BCUT2D eigenvalue weighted by Crippen LogP contribution is 2.10. The summed E-state index contributed by atoms with van der Waals surface area (Å²) in [6.45, 7) is 0.592. The molecule has 6 heteroatoms. The van der Waals surface area contributed by atoms with Crippen molar-refractivity contribution in [3.8, 4) is 0 Å². The van der Waals surface area contributed by atoms with Crippen molar-refractivity contribution in [1.29, 1.82) is 0 Å². The molecule has 2 rings (SSSR count). The number of thiophene rings is 1. The minimum atomic E-state index is -0.175. The number of carbonyl (C=O) groups is 1. The number of carbonyl (C=O) groups excluding carboxylic acids is 1. The second kappa shape index (κ2) is 6.13. The topological polar surface area (TPSA) is 80.0 Å². The molecule has 0 unspecified atom stereocenters. The number of hydrazine groups is 1. The SMILES string of the molecule is NNc1ncccc1C(=O)NCCc1ccsc1. The number of pyridine rings is 1. The molecule has 0 aliphatic carbocycles. The second-order valence-electron chi connectivity index (χ2n) is 3.68. The normalized spacial score (nSPS) is 10.1. The number of nitrogen functional groups attached to an aromatic ring is 1. The number of nitrogens with one attached hydrogen (secondary N) is 2. The Morgan fingerprint density at radius 2 is 2.33 bits per heavy atom. The van der Waals surface area contributed by atoms with Gasteiger partial charge in [0.15, 0.2) is 5.82 Å². The van der Waals surface area contributed by atoms with Crippen LogP contribution in [0.4, 0.5) is 5.82 Å². The van der Waals surface area contributed by atoms with Crippen molar-refractivity contribution in [2.75, 3.05) is 12.0 Å². The van der Waals surface area contributed by atoms with Crippen LogP contribution in [0.25, 0.3) is 0 Å². The third-order valence-electron chi connectivity index (χ3n) is 2.47. The Bertz CT molecular complexity index is 513. The van der Waals surface area contributed by atoms with Gasteiger partial charge in [0.25, 0.3) is 5.91 Å². The molecule has 4 N–H and O–H groups in total. The molecule has 2 aromatic rings. The molecule has 0 aromatic carbocycles. The lowest BCUT2D eigenvalue weighted by atomic mass is 10.2. The van der Waals surface area contributed by atoms with Crippen LogP contribution < -0.4 is 16.6 Å². The first kappa shape index (κ1) is 12.5. The first-order valence-electron chi connectivity index (χ1n) is 5.52. The number of hydrogen-bond acceptors (Lipinski definition) is 5. The largest absolute Gasteiger partial charge is 0.352 e. The number of hydrogen-bond donors (Lipinski definition) is 3. The molecule has 0 bridgehead atoms. The summed E-state index contributed by atoms with van der Waals surface area (Å²) in [5.74, 6) is 5.51. The Morgan fingerprint density at radius 3 is 3.06 bits per heavy atom.